The van der Waals surface area contributed by atoms with Crippen LogP contribution in [-0.4, -0.2) is 65.9 Å². The van der Waals surface area contributed by atoms with Crippen LogP contribution in [0.5, 0.6) is 0 Å². The van der Waals surface area contributed by atoms with Crippen molar-refractivity contribution in [3.05, 3.63) is 76.7 Å². The number of aryl methyl sites for hydroxylation is 1. The molecule has 0 saturated carbocycles. The van der Waals surface area contributed by atoms with Gasteiger partial charge in [0.15, 0.2) is 20.0 Å². The van der Waals surface area contributed by atoms with Crippen LogP contribution in [0.4, 0.5) is 8.78 Å². The van der Waals surface area contributed by atoms with Gasteiger partial charge in [-0.3, -0.25) is 9.78 Å². The molecule has 0 bridgehead atoms. The molecule has 5 heterocycles. The van der Waals surface area contributed by atoms with E-state index in [4.69, 9.17) is 16.0 Å². The first-order chi connectivity index (χ1) is 22.6. The third kappa shape index (κ3) is 6.47. The van der Waals surface area contributed by atoms with Crippen LogP contribution in [0, 0.1) is 11.6 Å². The van der Waals surface area contributed by atoms with Gasteiger partial charge in [0, 0.05) is 29.4 Å². The second-order valence-corrected chi connectivity index (χ2v) is 19.9. The second kappa shape index (κ2) is 12.6. The maximum Gasteiger partial charge on any atom is 0.247 e. The number of benzene rings is 1. The molecule has 0 radical (unpaired) electrons. The number of carbonyl (C=O) groups is 1. The minimum Gasteiger partial charge on any atom is -0.412 e. The van der Waals surface area contributed by atoms with Crippen LogP contribution in [0.2, 0.25) is 23.2 Å². The molecule has 3 aromatic heterocycles. The van der Waals surface area contributed by atoms with Crippen molar-refractivity contribution in [2.24, 2.45) is 0 Å². The molecule has 1 unspecified atom stereocenters. The average Bonchev–Trinajstić information content (AvgIpc) is 3.78. The third-order valence-corrected chi connectivity index (χ3v) is 14.9. The van der Waals surface area contributed by atoms with Crippen molar-refractivity contribution in [1.82, 2.24) is 40.1 Å². The van der Waals surface area contributed by atoms with Gasteiger partial charge in [0.2, 0.25) is 5.91 Å². The first kappa shape index (κ1) is 34.1. The summed E-state index contributed by atoms with van der Waals surface area (Å²) in [6.45, 7) is 15.2. The molecule has 2 atom stereocenters. The lowest BCUT2D eigenvalue weighted by Gasteiger charge is -2.43. The van der Waals surface area contributed by atoms with Gasteiger partial charge in [-0.2, -0.15) is 4.68 Å². The molecule has 2 aliphatic heterocycles. The Morgan fingerprint density at radius 3 is 2.56 bits per heavy atom. The minimum atomic E-state index is -2.01. The van der Waals surface area contributed by atoms with E-state index >= 15 is 8.78 Å². The van der Waals surface area contributed by atoms with E-state index in [1.807, 2.05) is 0 Å². The molecule has 10 nitrogen and oxygen atoms in total. The summed E-state index contributed by atoms with van der Waals surface area (Å²) in [5, 5.41) is 11.2. The van der Waals surface area contributed by atoms with E-state index in [0.717, 1.165) is 0 Å². The van der Waals surface area contributed by atoms with Crippen molar-refractivity contribution >= 4 is 31.4 Å². The summed E-state index contributed by atoms with van der Waals surface area (Å²) < 4.78 is 39.4. The number of aromatic amines is 1. The third-order valence-electron chi connectivity index (χ3n) is 9.96. The Bertz CT molecular complexity index is 1870. The Kier molecular flexibility index (Phi) is 8.92. The summed E-state index contributed by atoms with van der Waals surface area (Å²) in [5.41, 5.74) is 1.94. The fourth-order valence-corrected chi connectivity index (χ4v) is 8.48. The Morgan fingerprint density at radius 1 is 1.08 bits per heavy atom. The molecule has 254 valence electrons. The van der Waals surface area contributed by atoms with Crippen LogP contribution in [0.25, 0.3) is 22.5 Å². The molecular formula is C34H41ClF2N8O2Si. The number of hydrogen-bond acceptors (Lipinski definition) is 7. The minimum absolute atomic E-state index is 0.0558. The van der Waals surface area contributed by atoms with Gasteiger partial charge < -0.3 is 14.3 Å². The van der Waals surface area contributed by atoms with E-state index in [0.29, 0.717) is 66.1 Å². The van der Waals surface area contributed by atoms with Crippen molar-refractivity contribution in [2.75, 3.05) is 0 Å². The number of H-pyrrole nitrogens is 1. The lowest BCUT2D eigenvalue weighted by atomic mass is 9.92. The van der Waals surface area contributed by atoms with Crippen molar-refractivity contribution in [2.45, 2.75) is 103 Å². The lowest BCUT2D eigenvalue weighted by molar-refractivity contribution is -0.129. The molecular weight excluding hydrogens is 654 g/mol. The zero-order valence-electron chi connectivity index (χ0n) is 28.3. The highest BCUT2D eigenvalue weighted by atomic mass is 35.5. The molecule has 1 amide bonds. The molecule has 4 aromatic rings. The van der Waals surface area contributed by atoms with E-state index in [1.54, 1.807) is 29.4 Å². The van der Waals surface area contributed by atoms with Crippen molar-refractivity contribution in [1.29, 1.82) is 0 Å². The smallest absolute Gasteiger partial charge is 0.247 e. The number of rotatable bonds is 9. The zero-order chi connectivity index (χ0) is 34.6. The first-order valence-electron chi connectivity index (χ1n) is 16.2. The van der Waals surface area contributed by atoms with Gasteiger partial charge >= 0.3 is 0 Å². The fraction of sp³-hybridized carbons (Fsp3) is 0.471. The summed E-state index contributed by atoms with van der Waals surface area (Å²) in [4.78, 5) is 27.7. The predicted octanol–water partition coefficient (Wildman–Crippen LogP) is 7.63. The maximum atomic E-state index is 15.9. The summed E-state index contributed by atoms with van der Waals surface area (Å²) in [6, 6.07) is 4.18. The standard InChI is InChI=1S/C34H41ClF2N8O2Si/c1-33(2,3)48(6,7)47-34(4,5)14-12-24-30(36)22(13-15-38-24)25-18-39-32(41-25)27-10-8-21-16-20(17-28(46)45(21)27)29-26(44-19-40-42-43-44)11-9-23(35)31(29)37/h9,11,13,15,17-19,21,27H,8,10,12,14,16H2,1-7H3,(H,39,41)/t21?,27-/m0/s1. The number of amides is 1. The summed E-state index contributed by atoms with van der Waals surface area (Å²) in [6.07, 6.45) is 8.82. The van der Waals surface area contributed by atoms with Gasteiger partial charge in [-0.1, -0.05) is 32.4 Å². The first-order valence-corrected chi connectivity index (χ1v) is 19.5. The van der Waals surface area contributed by atoms with Gasteiger partial charge in [0.05, 0.1) is 39.9 Å². The quantitative estimate of drug-likeness (QED) is 0.179. The number of fused-ring (bicyclic) bond motifs is 1. The van der Waals surface area contributed by atoms with E-state index < -0.39 is 25.6 Å². The Hall–Kier alpha value is -3.81. The van der Waals surface area contributed by atoms with Crippen LogP contribution in [0.1, 0.15) is 83.4 Å². The van der Waals surface area contributed by atoms with E-state index in [1.165, 1.54) is 23.2 Å². The lowest BCUT2D eigenvalue weighted by Crippen LogP contribution is -2.47. The van der Waals surface area contributed by atoms with Crippen molar-refractivity contribution in [3.63, 3.8) is 0 Å². The molecule has 0 aliphatic carbocycles. The predicted molar refractivity (Wildman–Crippen MR) is 182 cm³/mol. The average molecular weight is 695 g/mol. The van der Waals surface area contributed by atoms with E-state index in [2.05, 4.69) is 78.2 Å². The van der Waals surface area contributed by atoms with E-state index in [-0.39, 0.29) is 33.6 Å². The van der Waals surface area contributed by atoms with Crippen molar-refractivity contribution in [3.8, 4) is 16.9 Å². The van der Waals surface area contributed by atoms with Gasteiger partial charge in [0.25, 0.3) is 0 Å². The fourth-order valence-electron chi connectivity index (χ4n) is 6.53. The van der Waals surface area contributed by atoms with Gasteiger partial charge in [-0.05, 0) is 98.3 Å². The monoisotopic (exact) mass is 694 g/mol. The zero-order valence-corrected chi connectivity index (χ0v) is 30.1. The molecule has 1 aromatic carbocycles. The molecule has 14 heteroatoms. The highest BCUT2D eigenvalue weighted by Crippen LogP contribution is 2.44. The van der Waals surface area contributed by atoms with E-state index in [9.17, 15) is 4.79 Å². The number of imidazole rings is 1. The number of nitrogens with zero attached hydrogens (tertiary/aromatic N) is 7. The molecule has 6 rings (SSSR count). The molecule has 2 aliphatic rings. The summed E-state index contributed by atoms with van der Waals surface area (Å²) >= 11 is 6.16. The van der Waals surface area contributed by atoms with Crippen LogP contribution in [-0.2, 0) is 15.6 Å². The van der Waals surface area contributed by atoms with Crippen LogP contribution >= 0.6 is 11.6 Å². The van der Waals surface area contributed by atoms with Crippen LogP contribution in [0.15, 0.2) is 43.0 Å². The number of aromatic nitrogens is 7. The van der Waals surface area contributed by atoms with Gasteiger partial charge in [-0.25, -0.2) is 13.8 Å². The number of hydrogen-bond donors (Lipinski definition) is 1. The number of halogens is 3. The second-order valence-electron chi connectivity index (χ2n) is 14.8. The molecule has 1 saturated heterocycles. The number of nitrogens with one attached hydrogen (secondary N) is 1. The Morgan fingerprint density at radius 2 is 1.85 bits per heavy atom. The summed E-state index contributed by atoms with van der Waals surface area (Å²) in [5.74, 6) is -0.720. The SMILES string of the molecule is CC(C)(CCc1nccc(-c2cnc([C@@H]3CCC4CC(c5c(-n6cnnn6)ccc(Cl)c5F)=CC(=O)N43)[nH]2)c1F)O[Si](C)(C)C(C)(C)C. The Labute approximate surface area is 285 Å². The highest BCUT2D eigenvalue weighted by Gasteiger charge is 2.43. The van der Waals surface area contributed by atoms with Crippen molar-refractivity contribution < 1.29 is 18.0 Å². The largest absolute Gasteiger partial charge is 0.412 e. The molecule has 0 spiro atoms. The molecule has 1 fully saturated rings. The maximum absolute atomic E-state index is 15.9. The number of tetrazole rings is 1. The normalized spacial score (nSPS) is 18.8. The molecule has 48 heavy (non-hydrogen) atoms. The number of carbonyl (C=O) groups excluding carboxylic acids is 1. The van der Waals surface area contributed by atoms with Gasteiger partial charge in [0.1, 0.15) is 12.2 Å². The molecule has 1 N–H and O–H groups in total. The Balaban J connectivity index is 1.20. The van der Waals surface area contributed by atoms with Crippen LogP contribution < -0.4 is 0 Å². The van der Waals surface area contributed by atoms with Crippen LogP contribution in [0.3, 0.4) is 0 Å². The topological polar surface area (TPSA) is 115 Å². The summed E-state index contributed by atoms with van der Waals surface area (Å²) in [7, 11) is -2.01. The highest BCUT2D eigenvalue weighted by molar-refractivity contribution is 6.74. The van der Waals surface area contributed by atoms with Gasteiger partial charge in [-0.15, -0.1) is 5.10 Å². The number of pyridine rings is 1.